The third-order valence-corrected chi connectivity index (χ3v) is 1.61. The van der Waals surface area contributed by atoms with E-state index in [2.05, 4.69) is 0 Å². The normalized spacial score (nSPS) is 11.3. The predicted molar refractivity (Wildman–Crippen MR) is 45.5 cm³/mol. The molecule has 0 amide bonds. The van der Waals surface area contributed by atoms with Gasteiger partial charge in [0.2, 0.25) is 5.78 Å². The van der Waals surface area contributed by atoms with E-state index in [0.29, 0.717) is 0 Å². The van der Waals surface area contributed by atoms with Crippen LogP contribution in [0.15, 0.2) is 24.3 Å². The minimum absolute atomic E-state index is 0.234. The number of alkyl halides is 1. The molecule has 1 aromatic carbocycles. The fourth-order valence-electron chi connectivity index (χ4n) is 0.837. The first-order chi connectivity index (χ1) is 5.93. The van der Waals surface area contributed by atoms with Gasteiger partial charge in [-0.3, -0.25) is 4.79 Å². The van der Waals surface area contributed by atoms with Gasteiger partial charge >= 0.3 is 5.25 Å². The maximum Gasteiger partial charge on any atom is 0.310 e. The molecular formula is C8H7ClO4. The van der Waals surface area contributed by atoms with Gasteiger partial charge < -0.3 is 15.3 Å². The van der Waals surface area contributed by atoms with Crippen LogP contribution in [0.2, 0.25) is 0 Å². The minimum Gasteiger partial charge on any atom is -0.507 e. The van der Waals surface area contributed by atoms with Gasteiger partial charge in [-0.1, -0.05) is 12.1 Å². The van der Waals surface area contributed by atoms with E-state index < -0.39 is 11.0 Å². The number of para-hydroxylation sites is 1. The van der Waals surface area contributed by atoms with Crippen LogP contribution in [0, 0.1) is 0 Å². The summed E-state index contributed by atoms with van der Waals surface area (Å²) in [6.07, 6.45) is 0. The molecule has 0 spiro atoms. The summed E-state index contributed by atoms with van der Waals surface area (Å²) in [5.74, 6) is -1.51. The van der Waals surface area contributed by atoms with Gasteiger partial charge in [-0.25, -0.2) is 0 Å². The molecule has 0 atom stereocenters. The van der Waals surface area contributed by atoms with Crippen LogP contribution in [0.5, 0.6) is 5.75 Å². The second-order valence-corrected chi connectivity index (χ2v) is 2.96. The van der Waals surface area contributed by atoms with Crippen molar-refractivity contribution < 1.29 is 20.1 Å². The second-order valence-electron chi connectivity index (χ2n) is 2.43. The van der Waals surface area contributed by atoms with Crippen LogP contribution in [-0.2, 0) is 0 Å². The fraction of sp³-hybridized carbons (Fsp3) is 0.125. The quantitative estimate of drug-likeness (QED) is 0.370. The number of carbonyl (C=O) groups excluding carboxylic acids is 1. The molecule has 3 N–H and O–H groups in total. The van der Waals surface area contributed by atoms with Crippen molar-refractivity contribution in [1.29, 1.82) is 0 Å². The molecule has 0 radical (unpaired) electrons. The van der Waals surface area contributed by atoms with Gasteiger partial charge in [-0.15, -0.1) is 0 Å². The summed E-state index contributed by atoms with van der Waals surface area (Å²) in [4.78, 5) is 11.1. The molecule has 0 aliphatic rings. The number of hydrogen-bond acceptors (Lipinski definition) is 4. The fourth-order valence-corrected chi connectivity index (χ4v) is 0.939. The van der Waals surface area contributed by atoms with E-state index in [0.717, 1.165) is 0 Å². The number of Topliss-reactive ketones (excluding diaryl/α,β-unsaturated/α-hetero) is 1. The van der Waals surface area contributed by atoms with Gasteiger partial charge in [0.25, 0.3) is 0 Å². The maximum atomic E-state index is 11.1. The molecule has 13 heavy (non-hydrogen) atoms. The zero-order chi connectivity index (χ0) is 10.1. The highest BCUT2D eigenvalue weighted by atomic mass is 35.5. The molecule has 0 unspecified atom stereocenters. The monoisotopic (exact) mass is 202 g/mol. The van der Waals surface area contributed by atoms with E-state index in [1.807, 2.05) is 0 Å². The number of halogens is 1. The maximum absolute atomic E-state index is 11.1. The summed E-state index contributed by atoms with van der Waals surface area (Å²) >= 11 is 4.94. The average molecular weight is 203 g/mol. The molecule has 0 aliphatic heterocycles. The van der Waals surface area contributed by atoms with Gasteiger partial charge in [-0.05, 0) is 23.7 Å². The molecule has 0 bridgehead atoms. The van der Waals surface area contributed by atoms with Crippen LogP contribution in [-0.4, -0.2) is 26.3 Å². The second kappa shape index (κ2) is 3.33. The lowest BCUT2D eigenvalue weighted by molar-refractivity contribution is -0.0545. The molecule has 0 fully saturated rings. The first-order valence-electron chi connectivity index (χ1n) is 3.39. The first-order valence-corrected chi connectivity index (χ1v) is 3.77. The predicted octanol–water partition coefficient (Wildman–Crippen LogP) is 0.452. The summed E-state index contributed by atoms with van der Waals surface area (Å²) in [6, 6.07) is 5.45. The number of hydrogen-bond donors (Lipinski definition) is 3. The lowest BCUT2D eigenvalue weighted by Crippen LogP contribution is -2.31. The Hall–Kier alpha value is -1.10. The van der Waals surface area contributed by atoms with Crippen molar-refractivity contribution in [2.24, 2.45) is 0 Å². The van der Waals surface area contributed by atoms with Gasteiger partial charge in [0, 0.05) is 0 Å². The van der Waals surface area contributed by atoms with Gasteiger partial charge in [0.1, 0.15) is 5.75 Å². The Balaban J connectivity index is 3.10. The molecule has 0 aromatic heterocycles. The van der Waals surface area contributed by atoms with Gasteiger partial charge in [0.15, 0.2) is 0 Å². The summed E-state index contributed by atoms with van der Waals surface area (Å²) in [7, 11) is 0. The molecule has 1 rings (SSSR count). The third kappa shape index (κ3) is 2.18. The van der Waals surface area contributed by atoms with E-state index in [1.165, 1.54) is 24.3 Å². The Kier molecular flexibility index (Phi) is 2.56. The molecule has 5 heteroatoms. The molecule has 4 nitrogen and oxygen atoms in total. The van der Waals surface area contributed by atoms with E-state index in [1.54, 1.807) is 0 Å². The Morgan fingerprint density at radius 3 is 2.31 bits per heavy atom. The summed E-state index contributed by atoms with van der Waals surface area (Å²) < 4.78 is 0. The summed E-state index contributed by atoms with van der Waals surface area (Å²) in [6.45, 7) is 0. The number of benzene rings is 1. The largest absolute Gasteiger partial charge is 0.507 e. The molecule has 0 saturated carbocycles. The lowest BCUT2D eigenvalue weighted by atomic mass is 10.1. The minimum atomic E-state index is -2.97. The zero-order valence-electron chi connectivity index (χ0n) is 6.44. The smallest absolute Gasteiger partial charge is 0.310 e. The Bertz CT molecular complexity index is 329. The van der Waals surface area contributed by atoms with E-state index in [4.69, 9.17) is 26.9 Å². The topological polar surface area (TPSA) is 77.8 Å². The van der Waals surface area contributed by atoms with Crippen LogP contribution < -0.4 is 0 Å². The number of carbonyl (C=O) groups is 1. The Morgan fingerprint density at radius 2 is 1.85 bits per heavy atom. The lowest BCUT2D eigenvalue weighted by Gasteiger charge is -2.11. The van der Waals surface area contributed by atoms with Crippen molar-refractivity contribution in [3.05, 3.63) is 29.8 Å². The van der Waals surface area contributed by atoms with Crippen LogP contribution in [0.1, 0.15) is 10.4 Å². The molecule has 70 valence electrons. The number of aliphatic hydroxyl groups is 2. The highest BCUT2D eigenvalue weighted by Crippen LogP contribution is 2.22. The van der Waals surface area contributed by atoms with Crippen molar-refractivity contribution in [3.8, 4) is 5.75 Å². The van der Waals surface area contributed by atoms with Crippen LogP contribution in [0.4, 0.5) is 0 Å². The highest BCUT2D eigenvalue weighted by molar-refractivity contribution is 6.35. The van der Waals surface area contributed by atoms with Gasteiger partial charge in [-0.2, -0.15) is 0 Å². The Labute approximate surface area is 79.0 Å². The van der Waals surface area contributed by atoms with Crippen molar-refractivity contribution >= 4 is 17.4 Å². The Morgan fingerprint density at radius 1 is 1.31 bits per heavy atom. The third-order valence-electron chi connectivity index (χ3n) is 1.44. The summed E-state index contributed by atoms with van der Waals surface area (Å²) in [5.41, 5.74) is -0.234. The van der Waals surface area contributed by atoms with Crippen molar-refractivity contribution in [1.82, 2.24) is 0 Å². The number of rotatable bonds is 2. The van der Waals surface area contributed by atoms with Gasteiger partial charge in [0.05, 0.1) is 5.56 Å². The molecule has 0 heterocycles. The molecule has 1 aromatic rings. The first kappa shape index (κ1) is 9.98. The highest BCUT2D eigenvalue weighted by Gasteiger charge is 2.32. The number of ketones is 1. The van der Waals surface area contributed by atoms with Crippen LogP contribution >= 0.6 is 11.6 Å². The van der Waals surface area contributed by atoms with Crippen LogP contribution in [0.3, 0.4) is 0 Å². The number of phenols is 1. The number of phenolic OH excluding ortho intramolecular Hbond substituents is 1. The number of aromatic hydroxyl groups is 1. The van der Waals surface area contributed by atoms with Crippen molar-refractivity contribution in [2.45, 2.75) is 5.25 Å². The molecule has 0 saturated heterocycles. The van der Waals surface area contributed by atoms with Crippen molar-refractivity contribution in [2.75, 3.05) is 0 Å². The summed E-state index contributed by atoms with van der Waals surface area (Å²) in [5, 5.41) is 23.6. The van der Waals surface area contributed by atoms with E-state index in [-0.39, 0.29) is 11.3 Å². The molecular weight excluding hydrogens is 196 g/mol. The zero-order valence-corrected chi connectivity index (χ0v) is 7.19. The standard InChI is InChI=1S/C8H7ClO4/c9-8(12,13)7(11)5-3-1-2-4-6(5)10/h1-4,10,12-13H. The van der Waals surface area contributed by atoms with E-state index in [9.17, 15) is 4.79 Å². The van der Waals surface area contributed by atoms with E-state index >= 15 is 0 Å². The SMILES string of the molecule is O=C(c1ccccc1O)C(O)(O)Cl. The van der Waals surface area contributed by atoms with Crippen LogP contribution in [0.25, 0.3) is 0 Å². The molecule has 0 aliphatic carbocycles. The average Bonchev–Trinajstić information content (AvgIpc) is 2.02. The van der Waals surface area contributed by atoms with Crippen molar-refractivity contribution in [3.63, 3.8) is 0 Å².